The average molecular weight is 497 g/mol. The van der Waals surface area contributed by atoms with Crippen LogP contribution < -0.4 is 5.73 Å². The minimum atomic E-state index is -2.69. The minimum Gasteiger partial charge on any atom is -0.479 e. The Morgan fingerprint density at radius 3 is 2.43 bits per heavy atom. The summed E-state index contributed by atoms with van der Waals surface area (Å²) < 4.78 is 49.4. The van der Waals surface area contributed by atoms with Crippen LogP contribution in [0.25, 0.3) is 0 Å². The lowest BCUT2D eigenvalue weighted by Crippen LogP contribution is -2.61. The Labute approximate surface area is 200 Å². The zero-order chi connectivity index (χ0) is 25.4. The van der Waals surface area contributed by atoms with E-state index in [0.717, 1.165) is 32.1 Å². The maximum Gasteiger partial charge on any atom is 0.511 e. The zero-order valence-electron chi connectivity index (χ0n) is 19.3. The Hall–Kier alpha value is -2.79. The number of carbonyl (C=O) groups excluding carboxylic acids is 2. The molecule has 0 amide bonds. The summed E-state index contributed by atoms with van der Waals surface area (Å²) in [6.07, 6.45) is 0.511. The normalized spacial score (nSPS) is 32.9. The Morgan fingerprint density at radius 1 is 1.14 bits per heavy atom. The number of aliphatic carboxylic acids is 1. The highest BCUT2D eigenvalue weighted by Crippen LogP contribution is 2.67. The first-order valence-corrected chi connectivity index (χ1v) is 11.7. The summed E-state index contributed by atoms with van der Waals surface area (Å²) in [5, 5.41) is 9.36. The first kappa shape index (κ1) is 25.3. The van der Waals surface area contributed by atoms with E-state index in [2.05, 4.69) is 0 Å². The molecule has 1 unspecified atom stereocenters. The van der Waals surface area contributed by atoms with Crippen molar-refractivity contribution in [3.8, 4) is 0 Å². The summed E-state index contributed by atoms with van der Waals surface area (Å²) in [4.78, 5) is 36.7. The fourth-order valence-electron chi connectivity index (χ4n) is 5.33. The molecule has 0 aliphatic heterocycles. The van der Waals surface area contributed by atoms with E-state index in [9.17, 15) is 23.9 Å². The number of ether oxygens (including phenoxy) is 4. The number of hydrogen-bond acceptors (Lipinski definition) is 8. The van der Waals surface area contributed by atoms with Gasteiger partial charge in [-0.3, -0.25) is 0 Å². The van der Waals surface area contributed by atoms with Crippen molar-refractivity contribution in [3.05, 3.63) is 35.6 Å². The highest BCUT2D eigenvalue weighted by molar-refractivity contribution is 5.91. The van der Waals surface area contributed by atoms with E-state index in [1.165, 1.54) is 31.2 Å². The number of rotatable bonds is 8. The Kier molecular flexibility index (Phi) is 7.01. The number of carboxylic acids is 1. The van der Waals surface area contributed by atoms with Crippen LogP contribution in [0.1, 0.15) is 51.0 Å². The monoisotopic (exact) mass is 497 g/mol. The van der Waals surface area contributed by atoms with Crippen molar-refractivity contribution in [2.45, 2.75) is 81.8 Å². The quantitative estimate of drug-likeness (QED) is 0.410. The van der Waals surface area contributed by atoms with Gasteiger partial charge in [0.2, 0.25) is 12.0 Å². The molecule has 3 fully saturated rings. The first-order valence-electron chi connectivity index (χ1n) is 11.7. The largest absolute Gasteiger partial charge is 0.511 e. The fraction of sp³-hybridized carbons (Fsp3) is 0.625. The summed E-state index contributed by atoms with van der Waals surface area (Å²) in [5.41, 5.74) is 2.08. The van der Waals surface area contributed by atoms with Gasteiger partial charge >= 0.3 is 18.1 Å². The number of halogens is 2. The average Bonchev–Trinajstić information content (AvgIpc) is 3.29. The summed E-state index contributed by atoms with van der Waals surface area (Å²) in [5.74, 6) is -5.71. The lowest BCUT2D eigenvalue weighted by Gasteiger charge is -2.34. The molecule has 0 spiro atoms. The van der Waals surface area contributed by atoms with Crippen LogP contribution in [0.5, 0.6) is 0 Å². The van der Waals surface area contributed by atoms with E-state index < -0.39 is 59.3 Å². The molecule has 0 bridgehead atoms. The van der Waals surface area contributed by atoms with Crippen molar-refractivity contribution in [2.75, 3.05) is 0 Å². The Balaban J connectivity index is 1.41. The van der Waals surface area contributed by atoms with E-state index in [4.69, 9.17) is 24.7 Å². The second-order valence-electron chi connectivity index (χ2n) is 9.47. The molecule has 6 atom stereocenters. The molecular formula is C24H29F2NO8. The third-order valence-electron chi connectivity index (χ3n) is 7.20. The van der Waals surface area contributed by atoms with Gasteiger partial charge in [0.25, 0.3) is 0 Å². The van der Waals surface area contributed by atoms with Crippen LogP contribution in [0, 0.1) is 17.7 Å². The van der Waals surface area contributed by atoms with Crippen molar-refractivity contribution in [1.29, 1.82) is 0 Å². The predicted molar refractivity (Wildman–Crippen MR) is 115 cm³/mol. The van der Waals surface area contributed by atoms with Gasteiger partial charge in [-0.2, -0.15) is 0 Å². The van der Waals surface area contributed by atoms with Crippen LogP contribution in [-0.4, -0.2) is 52.9 Å². The summed E-state index contributed by atoms with van der Waals surface area (Å²) in [6.45, 7) is 1.21. The lowest BCUT2D eigenvalue weighted by atomic mass is 9.87. The first-order chi connectivity index (χ1) is 16.6. The van der Waals surface area contributed by atoms with Crippen molar-refractivity contribution >= 4 is 18.1 Å². The third kappa shape index (κ3) is 4.84. The van der Waals surface area contributed by atoms with Gasteiger partial charge in [-0.15, -0.1) is 0 Å². The molecule has 3 saturated carbocycles. The smallest absolute Gasteiger partial charge is 0.479 e. The molecule has 35 heavy (non-hydrogen) atoms. The second-order valence-corrected chi connectivity index (χ2v) is 9.47. The SMILES string of the molecule is CC(OC(=O)OC1CCCCC1)OC(=O)[C@@]1(N)[C@H]2[C@@H](C[C@H]1OCc1ccc(F)cc1)[C@]2(F)C(=O)O. The van der Waals surface area contributed by atoms with Crippen LogP contribution in [-0.2, 0) is 35.1 Å². The molecule has 0 aromatic heterocycles. The Bertz CT molecular complexity index is 969. The number of nitrogens with two attached hydrogens (primary N) is 1. The molecule has 11 heteroatoms. The molecule has 4 rings (SSSR count). The molecule has 1 aromatic rings. The summed E-state index contributed by atoms with van der Waals surface area (Å²) >= 11 is 0. The zero-order valence-corrected chi connectivity index (χ0v) is 19.3. The van der Waals surface area contributed by atoms with Crippen LogP contribution in [0.2, 0.25) is 0 Å². The number of hydrogen-bond donors (Lipinski definition) is 2. The van der Waals surface area contributed by atoms with Gasteiger partial charge in [-0.25, -0.2) is 23.2 Å². The van der Waals surface area contributed by atoms with E-state index in [0.29, 0.717) is 5.56 Å². The van der Waals surface area contributed by atoms with E-state index >= 15 is 4.39 Å². The molecule has 0 heterocycles. The van der Waals surface area contributed by atoms with Gasteiger partial charge in [0, 0.05) is 18.8 Å². The summed E-state index contributed by atoms with van der Waals surface area (Å²) in [7, 11) is 0. The molecule has 3 aliphatic carbocycles. The molecule has 0 saturated heterocycles. The highest BCUT2D eigenvalue weighted by atomic mass is 19.1. The van der Waals surface area contributed by atoms with Gasteiger partial charge in [0.05, 0.1) is 12.7 Å². The summed E-state index contributed by atoms with van der Waals surface area (Å²) in [6, 6.07) is 5.42. The van der Waals surface area contributed by atoms with Crippen molar-refractivity contribution in [1.82, 2.24) is 0 Å². The minimum absolute atomic E-state index is 0.0667. The fourth-order valence-corrected chi connectivity index (χ4v) is 5.33. The molecule has 0 radical (unpaired) electrons. The topological polar surface area (TPSA) is 134 Å². The van der Waals surface area contributed by atoms with E-state index in [1.807, 2.05) is 0 Å². The highest BCUT2D eigenvalue weighted by Gasteiger charge is 2.85. The van der Waals surface area contributed by atoms with Crippen LogP contribution in [0.3, 0.4) is 0 Å². The predicted octanol–water partition coefficient (Wildman–Crippen LogP) is 3.23. The molecule has 192 valence electrons. The lowest BCUT2D eigenvalue weighted by molar-refractivity contribution is -0.183. The van der Waals surface area contributed by atoms with Crippen molar-refractivity contribution < 1.29 is 47.2 Å². The number of benzene rings is 1. The molecule has 1 aromatic carbocycles. The van der Waals surface area contributed by atoms with E-state index in [1.54, 1.807) is 0 Å². The van der Waals surface area contributed by atoms with E-state index in [-0.39, 0.29) is 19.1 Å². The molecule has 3 N–H and O–H groups in total. The van der Waals surface area contributed by atoms with Crippen LogP contribution in [0.4, 0.5) is 13.6 Å². The van der Waals surface area contributed by atoms with Crippen LogP contribution in [0.15, 0.2) is 24.3 Å². The molecular weight excluding hydrogens is 468 g/mol. The van der Waals surface area contributed by atoms with Crippen molar-refractivity contribution in [3.63, 3.8) is 0 Å². The van der Waals surface area contributed by atoms with Crippen molar-refractivity contribution in [2.24, 2.45) is 17.6 Å². The number of fused-ring (bicyclic) bond motifs is 1. The molecule has 3 aliphatic rings. The number of alkyl halides is 1. The third-order valence-corrected chi connectivity index (χ3v) is 7.20. The van der Waals surface area contributed by atoms with Gasteiger partial charge in [-0.1, -0.05) is 18.6 Å². The van der Waals surface area contributed by atoms with Gasteiger partial charge in [0.1, 0.15) is 17.5 Å². The standard InChI is InChI=1S/C24H29F2NO8/c1-13(34-22(31)35-16-5-3-2-4-6-16)33-21(30)24(27)18(11-17-19(24)23(17,26)20(28)29)32-12-14-7-9-15(25)10-8-14/h7-10,13,16-19H,2-6,11-12,27H2,1H3,(H,28,29)/t13?,17-,18-,19+,23-,24+/m1/s1. The van der Waals surface area contributed by atoms with Gasteiger partial charge in [-0.05, 0) is 49.8 Å². The maximum absolute atomic E-state index is 15.1. The van der Waals surface area contributed by atoms with Crippen LogP contribution >= 0.6 is 0 Å². The molecule has 9 nitrogen and oxygen atoms in total. The number of carbonyl (C=O) groups is 3. The second kappa shape index (κ2) is 9.69. The number of esters is 1. The Morgan fingerprint density at radius 2 is 1.80 bits per heavy atom. The van der Waals surface area contributed by atoms with Gasteiger partial charge < -0.3 is 29.8 Å². The number of carboxylic acid groups (broad SMARTS) is 1. The maximum atomic E-state index is 15.1. The van der Waals surface area contributed by atoms with Gasteiger partial charge in [0.15, 0.2) is 0 Å².